The summed E-state index contributed by atoms with van der Waals surface area (Å²) in [5, 5.41) is 7.53. The van der Waals surface area contributed by atoms with E-state index >= 15 is 0 Å². The first-order chi connectivity index (χ1) is 11.7. The third-order valence-corrected chi connectivity index (χ3v) is 4.13. The minimum atomic E-state index is -0.171. The molecule has 0 aliphatic carbocycles. The molecule has 1 aliphatic rings. The fourth-order valence-electron chi connectivity index (χ4n) is 2.95. The smallest absolute Gasteiger partial charge is 0.183 e. The van der Waals surface area contributed by atoms with Gasteiger partial charge in [-0.25, -0.2) is 15.0 Å². The van der Waals surface area contributed by atoms with Gasteiger partial charge in [-0.1, -0.05) is 0 Å². The first-order valence-corrected chi connectivity index (χ1v) is 7.94. The van der Waals surface area contributed by atoms with E-state index in [0.717, 1.165) is 36.7 Å². The highest BCUT2D eigenvalue weighted by molar-refractivity contribution is 5.82. The van der Waals surface area contributed by atoms with Crippen molar-refractivity contribution in [2.24, 2.45) is 7.05 Å². The molecule has 0 spiro atoms. The number of imidazole rings is 1. The highest BCUT2D eigenvalue weighted by Crippen LogP contribution is 2.24. The van der Waals surface area contributed by atoms with Crippen LogP contribution in [-0.4, -0.2) is 61.4 Å². The number of ether oxygens (including phenoxy) is 1. The van der Waals surface area contributed by atoms with Crippen LogP contribution in [0.15, 0.2) is 18.6 Å². The molecule has 126 valence electrons. The Balaban J connectivity index is 1.55. The summed E-state index contributed by atoms with van der Waals surface area (Å²) in [7, 11) is 3.76. The van der Waals surface area contributed by atoms with E-state index in [1.54, 1.807) is 6.33 Å². The van der Waals surface area contributed by atoms with Crippen molar-refractivity contribution in [3.8, 4) is 0 Å². The van der Waals surface area contributed by atoms with Gasteiger partial charge < -0.3 is 15.0 Å². The molecule has 0 radical (unpaired) electrons. The highest BCUT2D eigenvalue weighted by Gasteiger charge is 2.26. The lowest BCUT2D eigenvalue weighted by Crippen LogP contribution is -2.38. The maximum Gasteiger partial charge on any atom is 0.183 e. The van der Waals surface area contributed by atoms with Gasteiger partial charge in [0.1, 0.15) is 11.6 Å². The van der Waals surface area contributed by atoms with Gasteiger partial charge in [0.15, 0.2) is 17.3 Å². The summed E-state index contributed by atoms with van der Waals surface area (Å²) in [6.45, 7) is 3.05. The van der Waals surface area contributed by atoms with E-state index in [0.29, 0.717) is 18.1 Å². The van der Waals surface area contributed by atoms with Gasteiger partial charge in [-0.3, -0.25) is 9.58 Å². The Labute approximate surface area is 139 Å². The van der Waals surface area contributed by atoms with Crippen molar-refractivity contribution in [1.82, 2.24) is 34.6 Å². The number of rotatable bonds is 4. The number of morpholine rings is 1. The topological polar surface area (TPSA) is 96.8 Å². The minimum Gasteiger partial charge on any atom is -0.371 e. The number of aromatic nitrogens is 6. The van der Waals surface area contributed by atoms with Gasteiger partial charge in [0.2, 0.25) is 0 Å². The van der Waals surface area contributed by atoms with Crippen LogP contribution in [0.3, 0.4) is 0 Å². The molecule has 2 N–H and O–H groups in total. The van der Waals surface area contributed by atoms with Crippen molar-refractivity contribution < 1.29 is 4.74 Å². The summed E-state index contributed by atoms with van der Waals surface area (Å²) in [5.41, 5.74) is 2.51. The zero-order valence-corrected chi connectivity index (χ0v) is 13.7. The molecule has 9 heteroatoms. The predicted octanol–water partition coefficient (Wildman–Crippen LogP) is 0.702. The number of hydrogen-bond acceptors (Lipinski definition) is 7. The quantitative estimate of drug-likeness (QED) is 0.727. The van der Waals surface area contributed by atoms with Crippen molar-refractivity contribution in [2.45, 2.75) is 12.6 Å². The summed E-state index contributed by atoms with van der Waals surface area (Å²) in [5.74, 6) is 1.39. The summed E-state index contributed by atoms with van der Waals surface area (Å²) < 4.78 is 7.72. The Morgan fingerprint density at radius 2 is 2.33 bits per heavy atom. The van der Waals surface area contributed by atoms with Crippen LogP contribution in [0.4, 0.5) is 5.82 Å². The second-order valence-corrected chi connectivity index (χ2v) is 5.86. The van der Waals surface area contributed by atoms with Gasteiger partial charge in [-0.05, 0) is 6.07 Å². The van der Waals surface area contributed by atoms with Gasteiger partial charge in [0.25, 0.3) is 0 Å². The standard InChI is InChI=1S/C15H20N8O/c1-16-14-12-15(18-9-17-12)20-13(19-14)11-8-23(5-6-24-11)7-10-3-4-22(2)21-10/h3-4,9,11H,5-8H2,1-2H3,(H2,16,17,18,19,20). The summed E-state index contributed by atoms with van der Waals surface area (Å²) >= 11 is 0. The highest BCUT2D eigenvalue weighted by atomic mass is 16.5. The van der Waals surface area contributed by atoms with E-state index in [2.05, 4.69) is 35.3 Å². The first-order valence-electron chi connectivity index (χ1n) is 7.94. The van der Waals surface area contributed by atoms with Crippen molar-refractivity contribution >= 4 is 17.0 Å². The number of hydrogen-bond donors (Lipinski definition) is 2. The molecule has 3 aromatic rings. The fourth-order valence-corrected chi connectivity index (χ4v) is 2.95. The van der Waals surface area contributed by atoms with Crippen LogP contribution in [0.1, 0.15) is 17.6 Å². The Hall–Kier alpha value is -2.52. The zero-order chi connectivity index (χ0) is 16.5. The summed E-state index contributed by atoms with van der Waals surface area (Å²) in [4.78, 5) is 18.8. The largest absolute Gasteiger partial charge is 0.371 e. The molecule has 4 rings (SSSR count). The third-order valence-electron chi connectivity index (χ3n) is 4.13. The maximum absolute atomic E-state index is 5.90. The number of aryl methyl sites for hydroxylation is 1. The van der Waals surface area contributed by atoms with Crippen LogP contribution < -0.4 is 5.32 Å². The second kappa shape index (κ2) is 6.17. The Bertz CT molecular complexity index is 841. The summed E-state index contributed by atoms with van der Waals surface area (Å²) in [6, 6.07) is 2.04. The van der Waals surface area contributed by atoms with E-state index in [9.17, 15) is 0 Å². The van der Waals surface area contributed by atoms with Gasteiger partial charge >= 0.3 is 0 Å². The van der Waals surface area contributed by atoms with E-state index in [-0.39, 0.29) is 6.10 Å². The molecule has 1 saturated heterocycles. The van der Waals surface area contributed by atoms with Gasteiger partial charge in [0.05, 0.1) is 18.6 Å². The van der Waals surface area contributed by atoms with Crippen LogP contribution in [-0.2, 0) is 18.3 Å². The number of nitrogens with one attached hydrogen (secondary N) is 2. The molecule has 9 nitrogen and oxygen atoms in total. The molecule has 3 aromatic heterocycles. The molecule has 1 atom stereocenters. The Morgan fingerprint density at radius 1 is 1.42 bits per heavy atom. The molecule has 4 heterocycles. The maximum atomic E-state index is 5.90. The number of anilines is 1. The number of nitrogens with zero attached hydrogens (tertiary/aromatic N) is 6. The Morgan fingerprint density at radius 3 is 3.12 bits per heavy atom. The van der Waals surface area contributed by atoms with Crippen LogP contribution in [0.2, 0.25) is 0 Å². The molecular weight excluding hydrogens is 308 g/mol. The van der Waals surface area contributed by atoms with Crippen molar-refractivity contribution in [1.29, 1.82) is 0 Å². The molecule has 0 aromatic carbocycles. The van der Waals surface area contributed by atoms with E-state index in [4.69, 9.17) is 4.74 Å². The predicted molar refractivity (Wildman–Crippen MR) is 88.4 cm³/mol. The molecule has 0 saturated carbocycles. The van der Waals surface area contributed by atoms with E-state index in [1.807, 2.05) is 31.0 Å². The molecule has 24 heavy (non-hydrogen) atoms. The SMILES string of the molecule is CNc1nc(C2CN(Cc3ccn(C)n3)CCO2)nc2nc[nH]c12. The van der Waals surface area contributed by atoms with Crippen molar-refractivity contribution in [3.05, 3.63) is 30.1 Å². The second-order valence-electron chi connectivity index (χ2n) is 5.86. The van der Waals surface area contributed by atoms with E-state index < -0.39 is 0 Å². The van der Waals surface area contributed by atoms with Crippen LogP contribution >= 0.6 is 0 Å². The molecule has 1 aliphatic heterocycles. The minimum absolute atomic E-state index is 0.171. The lowest BCUT2D eigenvalue weighted by molar-refractivity contribution is -0.0374. The zero-order valence-electron chi connectivity index (χ0n) is 13.7. The molecule has 0 amide bonds. The average Bonchev–Trinajstić information content (AvgIpc) is 3.23. The van der Waals surface area contributed by atoms with Gasteiger partial charge in [0, 0.05) is 39.9 Å². The molecule has 1 fully saturated rings. The van der Waals surface area contributed by atoms with Crippen molar-refractivity contribution in [2.75, 3.05) is 32.1 Å². The Kier molecular flexibility index (Phi) is 3.87. The first kappa shape index (κ1) is 15.0. The molecular formula is C15H20N8O. The number of aromatic amines is 1. The van der Waals surface area contributed by atoms with Crippen molar-refractivity contribution in [3.63, 3.8) is 0 Å². The number of fused-ring (bicyclic) bond motifs is 1. The molecule has 0 bridgehead atoms. The lowest BCUT2D eigenvalue weighted by atomic mass is 10.2. The van der Waals surface area contributed by atoms with Gasteiger partial charge in [-0.15, -0.1) is 0 Å². The fraction of sp³-hybridized carbons (Fsp3) is 0.467. The lowest BCUT2D eigenvalue weighted by Gasteiger charge is -2.31. The monoisotopic (exact) mass is 328 g/mol. The van der Waals surface area contributed by atoms with Crippen LogP contribution in [0, 0.1) is 0 Å². The van der Waals surface area contributed by atoms with Crippen LogP contribution in [0.25, 0.3) is 11.2 Å². The average molecular weight is 328 g/mol. The van der Waals surface area contributed by atoms with Gasteiger partial charge in [-0.2, -0.15) is 5.10 Å². The number of H-pyrrole nitrogens is 1. The normalized spacial score (nSPS) is 19.0. The third kappa shape index (κ3) is 2.83. The summed E-state index contributed by atoms with van der Waals surface area (Å²) in [6.07, 6.45) is 3.41. The molecule has 1 unspecified atom stereocenters. The van der Waals surface area contributed by atoms with E-state index in [1.165, 1.54) is 0 Å². The van der Waals surface area contributed by atoms with Crippen LogP contribution in [0.5, 0.6) is 0 Å².